The van der Waals surface area contributed by atoms with Crippen molar-refractivity contribution >= 4 is 11.9 Å². The highest BCUT2D eigenvalue weighted by atomic mass is 16.6. The quantitative estimate of drug-likeness (QED) is 0.562. The number of ether oxygens (including phenoxy) is 1. The SMILES string of the molecule is CC(C)(C)OC(=O)[C@@]1(C(=O)O)CC1(C)C. The lowest BCUT2D eigenvalue weighted by Crippen LogP contribution is -2.36. The van der Waals surface area contributed by atoms with Crippen molar-refractivity contribution < 1.29 is 19.4 Å². The Balaban J connectivity index is 2.88. The van der Waals surface area contributed by atoms with E-state index in [-0.39, 0.29) is 0 Å². The van der Waals surface area contributed by atoms with Gasteiger partial charge in [0.15, 0.2) is 5.41 Å². The lowest BCUT2D eigenvalue weighted by molar-refractivity contribution is -0.171. The van der Waals surface area contributed by atoms with Crippen LogP contribution in [0.3, 0.4) is 0 Å². The Hall–Kier alpha value is -1.06. The fraction of sp³-hybridized carbons (Fsp3) is 0.818. The second-order valence-electron chi connectivity index (χ2n) is 5.77. The summed E-state index contributed by atoms with van der Waals surface area (Å²) < 4.78 is 5.14. The third kappa shape index (κ3) is 1.85. The molecule has 0 aromatic heterocycles. The molecule has 0 aliphatic heterocycles. The first-order valence-corrected chi connectivity index (χ1v) is 5.00. The molecule has 1 N–H and O–H groups in total. The van der Waals surface area contributed by atoms with Crippen LogP contribution in [0.5, 0.6) is 0 Å². The van der Waals surface area contributed by atoms with Gasteiger partial charge in [0.05, 0.1) is 0 Å². The third-order valence-electron chi connectivity index (χ3n) is 2.85. The van der Waals surface area contributed by atoms with Gasteiger partial charge in [-0.3, -0.25) is 9.59 Å². The standard InChI is InChI=1S/C11H18O4/c1-9(2,3)15-8(14)11(7(12)13)6-10(11,4)5/h6H2,1-5H3,(H,12,13)/t11-/m0/s1. The minimum atomic E-state index is -1.33. The van der Waals surface area contributed by atoms with Gasteiger partial charge >= 0.3 is 11.9 Å². The van der Waals surface area contributed by atoms with Crippen LogP contribution in [0.1, 0.15) is 41.0 Å². The fourth-order valence-electron chi connectivity index (χ4n) is 1.78. The molecule has 1 rings (SSSR count). The number of carbonyl (C=O) groups is 2. The zero-order chi connectivity index (χ0) is 12.1. The number of esters is 1. The number of hydrogen-bond donors (Lipinski definition) is 1. The summed E-state index contributed by atoms with van der Waals surface area (Å²) in [6, 6.07) is 0. The van der Waals surface area contributed by atoms with Crippen LogP contribution in [0.15, 0.2) is 0 Å². The van der Waals surface area contributed by atoms with E-state index in [0.29, 0.717) is 6.42 Å². The molecule has 0 aromatic rings. The average molecular weight is 214 g/mol. The molecular weight excluding hydrogens is 196 g/mol. The maximum atomic E-state index is 11.8. The molecule has 0 saturated heterocycles. The smallest absolute Gasteiger partial charge is 0.324 e. The van der Waals surface area contributed by atoms with E-state index >= 15 is 0 Å². The summed E-state index contributed by atoms with van der Waals surface area (Å²) in [5, 5.41) is 9.11. The lowest BCUT2D eigenvalue weighted by Gasteiger charge is -2.23. The number of rotatable bonds is 2. The van der Waals surface area contributed by atoms with Gasteiger partial charge in [-0.05, 0) is 32.6 Å². The van der Waals surface area contributed by atoms with E-state index in [9.17, 15) is 9.59 Å². The molecule has 1 fully saturated rings. The van der Waals surface area contributed by atoms with Gasteiger partial charge < -0.3 is 9.84 Å². The fourth-order valence-corrected chi connectivity index (χ4v) is 1.78. The molecule has 0 radical (unpaired) electrons. The zero-order valence-corrected chi connectivity index (χ0v) is 9.88. The largest absolute Gasteiger partial charge is 0.480 e. The van der Waals surface area contributed by atoms with Crippen molar-refractivity contribution in [2.75, 3.05) is 0 Å². The van der Waals surface area contributed by atoms with Gasteiger partial charge in [0.25, 0.3) is 0 Å². The van der Waals surface area contributed by atoms with Gasteiger partial charge in [-0.25, -0.2) is 0 Å². The van der Waals surface area contributed by atoms with Gasteiger partial charge in [0.1, 0.15) is 5.60 Å². The zero-order valence-electron chi connectivity index (χ0n) is 9.88. The lowest BCUT2D eigenvalue weighted by atomic mass is 9.96. The molecular formula is C11H18O4. The molecule has 4 nitrogen and oxygen atoms in total. The first-order valence-electron chi connectivity index (χ1n) is 5.00. The molecule has 0 heterocycles. The summed E-state index contributed by atoms with van der Waals surface area (Å²) in [6.07, 6.45) is 0.351. The van der Waals surface area contributed by atoms with Crippen molar-refractivity contribution in [1.29, 1.82) is 0 Å². The van der Waals surface area contributed by atoms with E-state index in [2.05, 4.69) is 0 Å². The van der Waals surface area contributed by atoms with Gasteiger partial charge in [-0.15, -0.1) is 0 Å². The van der Waals surface area contributed by atoms with Crippen molar-refractivity contribution in [3.8, 4) is 0 Å². The van der Waals surface area contributed by atoms with E-state index in [1.807, 2.05) is 0 Å². The summed E-state index contributed by atoms with van der Waals surface area (Å²) in [5.41, 5.74) is -2.47. The topological polar surface area (TPSA) is 63.6 Å². The van der Waals surface area contributed by atoms with E-state index < -0.39 is 28.4 Å². The Morgan fingerprint density at radius 1 is 1.27 bits per heavy atom. The van der Waals surface area contributed by atoms with Gasteiger partial charge in [0.2, 0.25) is 0 Å². The predicted octanol–water partition coefficient (Wildman–Crippen LogP) is 1.83. The molecule has 1 aliphatic rings. The Bertz CT molecular complexity index is 311. The molecule has 4 heteroatoms. The number of carboxylic acid groups (broad SMARTS) is 1. The first kappa shape index (κ1) is 12.0. The Labute approximate surface area is 89.6 Å². The molecule has 0 aromatic carbocycles. The van der Waals surface area contributed by atoms with E-state index in [4.69, 9.17) is 9.84 Å². The average Bonchev–Trinajstić information content (AvgIpc) is 2.51. The second-order valence-corrected chi connectivity index (χ2v) is 5.77. The van der Waals surface area contributed by atoms with E-state index in [0.717, 1.165) is 0 Å². The molecule has 0 amide bonds. The summed E-state index contributed by atoms with van der Waals surface area (Å²) >= 11 is 0. The monoisotopic (exact) mass is 214 g/mol. The minimum Gasteiger partial charge on any atom is -0.480 e. The molecule has 0 unspecified atom stereocenters. The van der Waals surface area contributed by atoms with Gasteiger partial charge in [-0.2, -0.15) is 0 Å². The Kier molecular flexibility index (Phi) is 2.38. The minimum absolute atomic E-state index is 0.351. The summed E-state index contributed by atoms with van der Waals surface area (Å²) in [4.78, 5) is 22.9. The van der Waals surface area contributed by atoms with Crippen LogP contribution in [-0.2, 0) is 14.3 Å². The predicted molar refractivity (Wildman–Crippen MR) is 54.3 cm³/mol. The molecule has 15 heavy (non-hydrogen) atoms. The van der Waals surface area contributed by atoms with Crippen LogP contribution in [0.4, 0.5) is 0 Å². The van der Waals surface area contributed by atoms with Gasteiger partial charge in [-0.1, -0.05) is 13.8 Å². The van der Waals surface area contributed by atoms with E-state index in [1.165, 1.54) is 0 Å². The highest BCUT2D eigenvalue weighted by Crippen LogP contribution is 2.64. The van der Waals surface area contributed by atoms with Crippen molar-refractivity contribution in [2.24, 2.45) is 10.8 Å². The van der Waals surface area contributed by atoms with Crippen LogP contribution >= 0.6 is 0 Å². The molecule has 1 aliphatic carbocycles. The maximum absolute atomic E-state index is 11.8. The number of carboxylic acids is 1. The van der Waals surface area contributed by atoms with Crippen molar-refractivity contribution in [2.45, 2.75) is 46.6 Å². The van der Waals surface area contributed by atoms with Crippen LogP contribution in [0.2, 0.25) is 0 Å². The summed E-state index contributed by atoms with van der Waals surface area (Å²) in [7, 11) is 0. The molecule has 0 spiro atoms. The highest BCUT2D eigenvalue weighted by Gasteiger charge is 2.73. The second kappa shape index (κ2) is 2.97. The summed E-state index contributed by atoms with van der Waals surface area (Å²) in [6.45, 7) is 8.73. The number of hydrogen-bond acceptors (Lipinski definition) is 3. The van der Waals surface area contributed by atoms with Crippen molar-refractivity contribution in [1.82, 2.24) is 0 Å². The van der Waals surface area contributed by atoms with Gasteiger partial charge in [0, 0.05) is 0 Å². The van der Waals surface area contributed by atoms with Crippen LogP contribution in [-0.4, -0.2) is 22.6 Å². The molecule has 1 saturated carbocycles. The maximum Gasteiger partial charge on any atom is 0.324 e. The molecule has 1 atom stereocenters. The number of carbonyl (C=O) groups excluding carboxylic acids is 1. The van der Waals surface area contributed by atoms with Crippen LogP contribution in [0.25, 0.3) is 0 Å². The Morgan fingerprint density at radius 3 is 1.87 bits per heavy atom. The molecule has 86 valence electrons. The highest BCUT2D eigenvalue weighted by molar-refractivity contribution is 6.04. The summed E-state index contributed by atoms with van der Waals surface area (Å²) in [5.74, 6) is -1.70. The first-order chi connectivity index (χ1) is 6.53. The van der Waals surface area contributed by atoms with Crippen LogP contribution in [0, 0.1) is 10.8 Å². The van der Waals surface area contributed by atoms with E-state index in [1.54, 1.807) is 34.6 Å². The van der Waals surface area contributed by atoms with Crippen LogP contribution < -0.4 is 0 Å². The van der Waals surface area contributed by atoms with Crippen molar-refractivity contribution in [3.05, 3.63) is 0 Å². The van der Waals surface area contributed by atoms with Crippen molar-refractivity contribution in [3.63, 3.8) is 0 Å². The molecule has 0 bridgehead atoms. The normalized spacial score (nSPS) is 28.3. The number of aliphatic carboxylic acids is 1. The Morgan fingerprint density at radius 2 is 1.67 bits per heavy atom. The third-order valence-corrected chi connectivity index (χ3v) is 2.85.